The average Bonchev–Trinajstić information content (AvgIpc) is 2.62. The Kier molecular flexibility index (Phi) is 5.67. The molecule has 0 bridgehead atoms. The summed E-state index contributed by atoms with van der Waals surface area (Å²) in [7, 11) is 0. The van der Waals surface area contributed by atoms with Crippen molar-refractivity contribution in [2.75, 3.05) is 36.5 Å². The van der Waals surface area contributed by atoms with Gasteiger partial charge in [0.2, 0.25) is 5.91 Å². The lowest BCUT2D eigenvalue weighted by Gasteiger charge is -2.36. The van der Waals surface area contributed by atoms with E-state index in [1.165, 1.54) is 5.69 Å². The van der Waals surface area contributed by atoms with Crippen LogP contribution in [0.3, 0.4) is 0 Å². The van der Waals surface area contributed by atoms with E-state index in [0.29, 0.717) is 5.41 Å². The molecule has 0 aromatic heterocycles. The Bertz CT molecular complexity index is 563. The summed E-state index contributed by atoms with van der Waals surface area (Å²) >= 11 is 0. The van der Waals surface area contributed by atoms with E-state index in [1.54, 1.807) is 0 Å². The summed E-state index contributed by atoms with van der Waals surface area (Å²) in [5.41, 5.74) is 2.46. The number of carbonyl (C=O) groups excluding carboxylic acids is 1. The van der Waals surface area contributed by atoms with Crippen molar-refractivity contribution in [1.82, 2.24) is 0 Å². The van der Waals surface area contributed by atoms with Crippen LogP contribution in [0.25, 0.3) is 0 Å². The third-order valence-electron chi connectivity index (χ3n) is 5.83. The van der Waals surface area contributed by atoms with Gasteiger partial charge in [0.15, 0.2) is 0 Å². The van der Waals surface area contributed by atoms with Gasteiger partial charge in [-0.15, -0.1) is 0 Å². The summed E-state index contributed by atoms with van der Waals surface area (Å²) < 4.78 is 5.39. The maximum absolute atomic E-state index is 12.6. The molecule has 1 heterocycles. The van der Waals surface area contributed by atoms with Crippen LogP contribution in [0.15, 0.2) is 24.3 Å². The average molecular weight is 344 g/mol. The zero-order chi connectivity index (χ0) is 17.9. The minimum atomic E-state index is 0.164. The molecular weight excluding hydrogens is 312 g/mol. The molecule has 1 N–H and O–H groups in total. The molecule has 0 radical (unpaired) electrons. The second-order valence-corrected chi connectivity index (χ2v) is 8.55. The van der Waals surface area contributed by atoms with Gasteiger partial charge in [0, 0.05) is 30.4 Å². The van der Waals surface area contributed by atoms with Gasteiger partial charge in [0.1, 0.15) is 0 Å². The molecule has 1 aliphatic heterocycles. The molecule has 1 amide bonds. The van der Waals surface area contributed by atoms with E-state index < -0.39 is 0 Å². The molecular formula is C21H32N2O2. The van der Waals surface area contributed by atoms with E-state index >= 15 is 0 Å². The molecule has 1 saturated carbocycles. The monoisotopic (exact) mass is 344 g/mol. The third kappa shape index (κ3) is 4.75. The van der Waals surface area contributed by atoms with Crippen LogP contribution in [0.5, 0.6) is 0 Å². The van der Waals surface area contributed by atoms with E-state index in [4.69, 9.17) is 4.74 Å². The fourth-order valence-electron chi connectivity index (χ4n) is 4.04. The van der Waals surface area contributed by atoms with Gasteiger partial charge in [0.25, 0.3) is 0 Å². The Hall–Kier alpha value is -1.55. The first-order chi connectivity index (χ1) is 11.9. The summed E-state index contributed by atoms with van der Waals surface area (Å²) in [5.74, 6) is 1.09. The molecule has 1 aromatic rings. The first kappa shape index (κ1) is 18.2. The molecule has 0 atom stereocenters. The van der Waals surface area contributed by atoms with Gasteiger partial charge < -0.3 is 15.0 Å². The summed E-state index contributed by atoms with van der Waals surface area (Å²) in [4.78, 5) is 14.9. The van der Waals surface area contributed by atoms with Crippen molar-refractivity contribution in [1.29, 1.82) is 0 Å². The number of carbonyl (C=O) groups is 1. The second kappa shape index (κ2) is 7.77. The number of hydrogen-bond acceptors (Lipinski definition) is 3. The molecule has 138 valence electrons. The van der Waals surface area contributed by atoms with E-state index in [-0.39, 0.29) is 11.8 Å². The minimum absolute atomic E-state index is 0.164. The zero-order valence-electron chi connectivity index (χ0n) is 15.9. The largest absolute Gasteiger partial charge is 0.378 e. The highest BCUT2D eigenvalue weighted by Crippen LogP contribution is 2.40. The molecule has 0 spiro atoms. The maximum atomic E-state index is 12.6. The van der Waals surface area contributed by atoms with Gasteiger partial charge in [-0.3, -0.25) is 4.79 Å². The molecule has 1 aromatic carbocycles. The summed E-state index contributed by atoms with van der Waals surface area (Å²) in [6.45, 7) is 10.4. The normalized spacial score (nSPS) is 24.8. The van der Waals surface area contributed by atoms with Crippen molar-refractivity contribution in [2.24, 2.45) is 17.3 Å². The number of nitrogens with zero attached hydrogens (tertiary/aromatic N) is 1. The molecule has 1 saturated heterocycles. The van der Waals surface area contributed by atoms with Crippen LogP contribution < -0.4 is 10.2 Å². The first-order valence-corrected chi connectivity index (χ1v) is 9.67. The summed E-state index contributed by atoms with van der Waals surface area (Å²) in [5, 5.41) is 3.11. The smallest absolute Gasteiger partial charge is 0.227 e. The predicted octanol–water partition coefficient (Wildman–Crippen LogP) is 4.31. The number of anilines is 2. The lowest BCUT2D eigenvalue weighted by Crippen LogP contribution is -2.36. The van der Waals surface area contributed by atoms with Crippen LogP contribution in [0.2, 0.25) is 0 Å². The van der Waals surface area contributed by atoms with E-state index in [9.17, 15) is 4.79 Å². The number of ether oxygens (including phenoxy) is 1. The summed E-state index contributed by atoms with van der Waals surface area (Å²) in [6, 6.07) is 8.22. The van der Waals surface area contributed by atoms with Gasteiger partial charge in [-0.25, -0.2) is 0 Å². The standard InChI is InChI=1S/C21H32N2O2/c1-21(2,3)17-6-4-16(5-7-17)20(24)22-18-8-10-19(11-9-18)23-12-14-25-15-13-23/h8-11,16-17H,4-7,12-15H2,1-3H3,(H,22,24). The van der Waals surface area contributed by atoms with Gasteiger partial charge in [-0.05, 0) is 61.3 Å². The molecule has 0 unspecified atom stereocenters. The highest BCUT2D eigenvalue weighted by Gasteiger charge is 2.32. The molecule has 25 heavy (non-hydrogen) atoms. The van der Waals surface area contributed by atoms with Gasteiger partial charge >= 0.3 is 0 Å². The molecule has 4 nitrogen and oxygen atoms in total. The molecule has 1 aliphatic carbocycles. The molecule has 4 heteroatoms. The van der Waals surface area contributed by atoms with Crippen molar-refractivity contribution < 1.29 is 9.53 Å². The minimum Gasteiger partial charge on any atom is -0.378 e. The zero-order valence-corrected chi connectivity index (χ0v) is 15.9. The highest BCUT2D eigenvalue weighted by molar-refractivity contribution is 5.92. The van der Waals surface area contributed by atoms with E-state index in [1.807, 2.05) is 12.1 Å². The predicted molar refractivity (Wildman–Crippen MR) is 103 cm³/mol. The number of nitrogens with one attached hydrogen (secondary N) is 1. The number of morpholine rings is 1. The Balaban J connectivity index is 1.51. The second-order valence-electron chi connectivity index (χ2n) is 8.55. The van der Waals surface area contributed by atoms with Crippen molar-refractivity contribution in [3.05, 3.63) is 24.3 Å². The Labute approximate surface area is 151 Å². The number of amides is 1. The van der Waals surface area contributed by atoms with Gasteiger partial charge in [-0.2, -0.15) is 0 Å². The van der Waals surface area contributed by atoms with Crippen LogP contribution in [-0.4, -0.2) is 32.2 Å². The fraction of sp³-hybridized carbons (Fsp3) is 0.667. The SMILES string of the molecule is CC(C)(C)C1CCC(C(=O)Nc2ccc(N3CCOCC3)cc2)CC1. The highest BCUT2D eigenvalue weighted by atomic mass is 16.5. The third-order valence-corrected chi connectivity index (χ3v) is 5.83. The molecule has 2 aliphatic rings. The Morgan fingerprint density at radius 1 is 1.04 bits per heavy atom. The van der Waals surface area contributed by atoms with Crippen molar-refractivity contribution in [3.8, 4) is 0 Å². The maximum Gasteiger partial charge on any atom is 0.227 e. The Morgan fingerprint density at radius 3 is 2.20 bits per heavy atom. The van der Waals surface area contributed by atoms with Gasteiger partial charge in [-0.1, -0.05) is 20.8 Å². The number of rotatable bonds is 3. The number of hydrogen-bond donors (Lipinski definition) is 1. The summed E-state index contributed by atoms with van der Waals surface area (Å²) in [6.07, 6.45) is 4.36. The first-order valence-electron chi connectivity index (χ1n) is 9.67. The quantitative estimate of drug-likeness (QED) is 0.888. The van der Waals surface area contributed by atoms with Gasteiger partial charge in [0.05, 0.1) is 13.2 Å². The van der Waals surface area contributed by atoms with E-state index in [2.05, 4.69) is 43.1 Å². The molecule has 3 rings (SSSR count). The van der Waals surface area contributed by atoms with Crippen LogP contribution >= 0.6 is 0 Å². The van der Waals surface area contributed by atoms with Crippen molar-refractivity contribution >= 4 is 17.3 Å². The number of benzene rings is 1. The topological polar surface area (TPSA) is 41.6 Å². The van der Waals surface area contributed by atoms with Crippen molar-refractivity contribution in [3.63, 3.8) is 0 Å². The van der Waals surface area contributed by atoms with Crippen LogP contribution in [0.4, 0.5) is 11.4 Å². The lowest BCUT2D eigenvalue weighted by molar-refractivity contribution is -0.121. The molecule has 2 fully saturated rings. The van der Waals surface area contributed by atoms with Crippen molar-refractivity contribution in [2.45, 2.75) is 46.5 Å². The van der Waals surface area contributed by atoms with Crippen LogP contribution in [-0.2, 0) is 9.53 Å². The Morgan fingerprint density at radius 2 is 1.64 bits per heavy atom. The van der Waals surface area contributed by atoms with Crippen LogP contribution in [0.1, 0.15) is 46.5 Å². The fourth-order valence-corrected chi connectivity index (χ4v) is 4.04. The van der Waals surface area contributed by atoms with Crippen LogP contribution in [0, 0.1) is 17.3 Å². The lowest BCUT2D eigenvalue weighted by atomic mass is 9.69. The van der Waals surface area contributed by atoms with E-state index in [0.717, 1.165) is 63.6 Å².